The molecule has 0 saturated carbocycles. The van der Waals surface area contributed by atoms with Crippen LogP contribution in [0.2, 0.25) is 10.0 Å². The lowest BCUT2D eigenvalue weighted by Crippen LogP contribution is -2.42. The number of aliphatic carboxylic acids is 1. The van der Waals surface area contributed by atoms with Gasteiger partial charge in [0.05, 0.1) is 21.9 Å². The van der Waals surface area contributed by atoms with Crippen molar-refractivity contribution < 1.29 is 14.7 Å². The van der Waals surface area contributed by atoms with Gasteiger partial charge >= 0.3 is 5.97 Å². The molecular formula is C15H17Cl2NO3. The first-order valence-corrected chi connectivity index (χ1v) is 7.62. The van der Waals surface area contributed by atoms with E-state index in [0.29, 0.717) is 36.0 Å². The van der Waals surface area contributed by atoms with Crippen molar-refractivity contribution in [1.82, 2.24) is 4.90 Å². The average Bonchev–Trinajstić information content (AvgIpc) is 2.48. The van der Waals surface area contributed by atoms with Crippen molar-refractivity contribution in [1.29, 1.82) is 0 Å². The average molecular weight is 330 g/mol. The number of nitrogens with zero attached hydrogens (tertiary/aromatic N) is 1. The van der Waals surface area contributed by atoms with Crippen LogP contribution in [0.4, 0.5) is 0 Å². The molecule has 1 fully saturated rings. The fraction of sp³-hybridized carbons (Fsp3) is 0.467. The fourth-order valence-electron chi connectivity index (χ4n) is 2.54. The van der Waals surface area contributed by atoms with E-state index in [-0.39, 0.29) is 17.7 Å². The zero-order chi connectivity index (χ0) is 15.6. The molecule has 1 N–H and O–H groups in total. The molecule has 1 aliphatic rings. The normalized spacial score (nSPS) is 17.6. The molecule has 21 heavy (non-hydrogen) atoms. The van der Waals surface area contributed by atoms with Crippen molar-refractivity contribution in [2.24, 2.45) is 5.92 Å². The van der Waals surface area contributed by atoms with Gasteiger partial charge < -0.3 is 10.0 Å². The number of hydrogen-bond acceptors (Lipinski definition) is 2. The smallest absolute Gasteiger partial charge is 0.306 e. The Morgan fingerprint density at radius 2 is 1.86 bits per heavy atom. The monoisotopic (exact) mass is 329 g/mol. The molecule has 1 unspecified atom stereocenters. The lowest BCUT2D eigenvalue weighted by Gasteiger charge is -2.32. The van der Waals surface area contributed by atoms with E-state index in [1.807, 2.05) is 6.92 Å². The van der Waals surface area contributed by atoms with E-state index < -0.39 is 5.97 Å². The molecule has 1 atom stereocenters. The van der Waals surface area contributed by atoms with E-state index in [4.69, 9.17) is 28.3 Å². The Bertz CT molecular complexity index is 554. The molecule has 0 bridgehead atoms. The van der Waals surface area contributed by atoms with Crippen molar-refractivity contribution >= 4 is 35.1 Å². The topological polar surface area (TPSA) is 57.6 Å². The Labute approximate surface area is 133 Å². The molecule has 1 aromatic rings. The number of carboxylic acids is 1. The summed E-state index contributed by atoms with van der Waals surface area (Å²) in [6, 6.07) is 5.18. The van der Waals surface area contributed by atoms with Crippen LogP contribution >= 0.6 is 23.2 Å². The highest BCUT2D eigenvalue weighted by Crippen LogP contribution is 2.28. The van der Waals surface area contributed by atoms with E-state index in [1.54, 1.807) is 23.1 Å². The van der Waals surface area contributed by atoms with E-state index in [2.05, 4.69) is 0 Å². The summed E-state index contributed by atoms with van der Waals surface area (Å²) in [7, 11) is 0. The van der Waals surface area contributed by atoms with Gasteiger partial charge in [-0.3, -0.25) is 9.59 Å². The van der Waals surface area contributed by atoms with Crippen molar-refractivity contribution in [3.05, 3.63) is 33.8 Å². The van der Waals surface area contributed by atoms with Crippen LogP contribution < -0.4 is 0 Å². The van der Waals surface area contributed by atoms with Gasteiger partial charge in [0.25, 0.3) is 0 Å². The van der Waals surface area contributed by atoms with Crippen molar-refractivity contribution in [3.63, 3.8) is 0 Å². The highest BCUT2D eigenvalue weighted by molar-refractivity contribution is 6.42. The first-order valence-electron chi connectivity index (χ1n) is 6.86. The summed E-state index contributed by atoms with van der Waals surface area (Å²) < 4.78 is 0. The summed E-state index contributed by atoms with van der Waals surface area (Å²) in [6.45, 7) is 2.80. The molecule has 2 rings (SSSR count). The van der Waals surface area contributed by atoms with E-state index in [0.717, 1.165) is 5.56 Å². The number of carbonyl (C=O) groups is 2. The van der Waals surface area contributed by atoms with Gasteiger partial charge in [-0.2, -0.15) is 0 Å². The standard InChI is InChI=1S/C15H17Cl2NO3/c1-9(11-2-3-12(16)13(17)8-11)14(19)18-6-4-10(5-7-18)15(20)21/h2-3,8-10H,4-7H2,1H3,(H,20,21). The third-order valence-corrected chi connectivity index (χ3v) is 4.71. The van der Waals surface area contributed by atoms with Crippen LogP contribution in [0.25, 0.3) is 0 Å². The maximum absolute atomic E-state index is 12.5. The SMILES string of the molecule is CC(C(=O)N1CCC(C(=O)O)CC1)c1ccc(Cl)c(Cl)c1. The van der Waals surface area contributed by atoms with Gasteiger partial charge in [-0.1, -0.05) is 29.3 Å². The number of piperidine rings is 1. The first kappa shape index (κ1) is 16.1. The summed E-state index contributed by atoms with van der Waals surface area (Å²) in [6.07, 6.45) is 1.02. The molecule has 114 valence electrons. The number of amides is 1. The summed E-state index contributed by atoms with van der Waals surface area (Å²) in [5, 5.41) is 9.87. The van der Waals surface area contributed by atoms with Crippen LogP contribution in [0.15, 0.2) is 18.2 Å². The second kappa shape index (κ2) is 6.67. The number of rotatable bonds is 3. The van der Waals surface area contributed by atoms with E-state index in [1.165, 1.54) is 0 Å². The third-order valence-electron chi connectivity index (χ3n) is 3.97. The van der Waals surface area contributed by atoms with Gasteiger partial charge in [0, 0.05) is 13.1 Å². The minimum atomic E-state index is -0.778. The zero-order valence-corrected chi connectivity index (χ0v) is 13.2. The minimum absolute atomic E-state index is 0.00257. The molecule has 0 spiro atoms. The highest BCUT2D eigenvalue weighted by atomic mass is 35.5. The molecule has 1 amide bonds. The molecule has 1 heterocycles. The van der Waals surface area contributed by atoms with Gasteiger partial charge in [0.2, 0.25) is 5.91 Å². The molecule has 1 aliphatic heterocycles. The molecule has 0 aromatic heterocycles. The summed E-state index contributed by atoms with van der Waals surface area (Å²) >= 11 is 11.9. The quantitative estimate of drug-likeness (QED) is 0.924. The number of carbonyl (C=O) groups excluding carboxylic acids is 1. The van der Waals surface area contributed by atoms with Crippen molar-refractivity contribution in [2.45, 2.75) is 25.7 Å². The molecule has 4 nitrogen and oxygen atoms in total. The minimum Gasteiger partial charge on any atom is -0.481 e. The number of carboxylic acid groups (broad SMARTS) is 1. The van der Waals surface area contributed by atoms with Gasteiger partial charge in [-0.25, -0.2) is 0 Å². The Morgan fingerprint density at radius 3 is 2.38 bits per heavy atom. The molecule has 6 heteroatoms. The van der Waals surface area contributed by atoms with Gasteiger partial charge in [0.15, 0.2) is 0 Å². The third kappa shape index (κ3) is 3.69. The van der Waals surface area contributed by atoms with Crippen LogP contribution in [-0.4, -0.2) is 35.0 Å². The Morgan fingerprint density at radius 1 is 1.24 bits per heavy atom. The number of benzene rings is 1. The van der Waals surface area contributed by atoms with E-state index >= 15 is 0 Å². The first-order chi connectivity index (χ1) is 9.90. The second-order valence-electron chi connectivity index (χ2n) is 5.33. The van der Waals surface area contributed by atoms with E-state index in [9.17, 15) is 9.59 Å². The lowest BCUT2D eigenvalue weighted by molar-refractivity contribution is -0.146. The van der Waals surface area contributed by atoms with Gasteiger partial charge in [-0.15, -0.1) is 0 Å². The van der Waals surface area contributed by atoms with Gasteiger partial charge in [-0.05, 0) is 37.5 Å². The number of hydrogen-bond donors (Lipinski definition) is 1. The van der Waals surface area contributed by atoms with Crippen LogP contribution in [0, 0.1) is 5.92 Å². The van der Waals surface area contributed by atoms with Crippen LogP contribution in [0.5, 0.6) is 0 Å². The Kier molecular flexibility index (Phi) is 5.12. The number of likely N-dealkylation sites (tertiary alicyclic amines) is 1. The zero-order valence-electron chi connectivity index (χ0n) is 11.7. The maximum Gasteiger partial charge on any atom is 0.306 e. The Balaban J connectivity index is 2.03. The predicted molar refractivity (Wildman–Crippen MR) is 81.8 cm³/mol. The Hall–Kier alpha value is -1.26. The van der Waals surface area contributed by atoms with Crippen LogP contribution in [0.3, 0.4) is 0 Å². The molecule has 1 aromatic carbocycles. The lowest BCUT2D eigenvalue weighted by atomic mass is 9.94. The number of halogens is 2. The summed E-state index contributed by atoms with van der Waals surface area (Å²) in [4.78, 5) is 25.1. The highest BCUT2D eigenvalue weighted by Gasteiger charge is 2.29. The van der Waals surface area contributed by atoms with Crippen LogP contribution in [-0.2, 0) is 9.59 Å². The predicted octanol–water partition coefficient (Wildman–Crippen LogP) is 3.42. The van der Waals surface area contributed by atoms with Gasteiger partial charge in [0.1, 0.15) is 0 Å². The van der Waals surface area contributed by atoms with Crippen molar-refractivity contribution in [3.8, 4) is 0 Å². The van der Waals surface area contributed by atoms with Crippen molar-refractivity contribution in [2.75, 3.05) is 13.1 Å². The maximum atomic E-state index is 12.5. The second-order valence-corrected chi connectivity index (χ2v) is 6.15. The summed E-state index contributed by atoms with van der Waals surface area (Å²) in [5.41, 5.74) is 0.815. The summed E-state index contributed by atoms with van der Waals surface area (Å²) in [5.74, 6) is -1.44. The van der Waals surface area contributed by atoms with Crippen LogP contribution in [0.1, 0.15) is 31.2 Å². The molecular weight excluding hydrogens is 313 g/mol. The molecule has 0 aliphatic carbocycles. The molecule has 0 radical (unpaired) electrons. The largest absolute Gasteiger partial charge is 0.481 e. The fourth-order valence-corrected chi connectivity index (χ4v) is 2.85. The molecule has 1 saturated heterocycles.